The third kappa shape index (κ3) is 4.19. The SMILES string of the molecule is CCCn1ccnc1CC(NCC)c1ncc(Cl)cc1Cl. The fraction of sp³-hybridized carbons (Fsp3) is 0.467. The molecule has 0 saturated carbocycles. The Bertz CT molecular complexity index is 583. The van der Waals surface area contributed by atoms with E-state index in [1.54, 1.807) is 12.3 Å². The van der Waals surface area contributed by atoms with Gasteiger partial charge in [0.05, 0.1) is 21.8 Å². The zero-order chi connectivity index (χ0) is 15.2. The zero-order valence-corrected chi connectivity index (χ0v) is 13.8. The summed E-state index contributed by atoms with van der Waals surface area (Å²) >= 11 is 12.2. The normalized spacial score (nSPS) is 12.6. The van der Waals surface area contributed by atoms with Crippen molar-refractivity contribution < 1.29 is 0 Å². The molecule has 0 aliphatic carbocycles. The van der Waals surface area contributed by atoms with Crippen molar-refractivity contribution in [1.82, 2.24) is 19.9 Å². The summed E-state index contributed by atoms with van der Waals surface area (Å²) in [5.74, 6) is 1.04. The smallest absolute Gasteiger partial charge is 0.110 e. The average Bonchev–Trinajstić information content (AvgIpc) is 2.86. The van der Waals surface area contributed by atoms with E-state index in [1.807, 2.05) is 12.4 Å². The van der Waals surface area contributed by atoms with Crippen molar-refractivity contribution >= 4 is 23.2 Å². The van der Waals surface area contributed by atoms with Gasteiger partial charge in [0, 0.05) is 31.6 Å². The molecule has 0 aliphatic heterocycles. The van der Waals surface area contributed by atoms with Gasteiger partial charge in [-0.3, -0.25) is 4.98 Å². The summed E-state index contributed by atoms with van der Waals surface area (Å²) in [6.07, 6.45) is 7.31. The molecule has 1 atom stereocenters. The first kappa shape index (κ1) is 16.3. The highest BCUT2D eigenvalue weighted by atomic mass is 35.5. The highest BCUT2D eigenvalue weighted by molar-refractivity contribution is 6.34. The summed E-state index contributed by atoms with van der Waals surface area (Å²) in [7, 11) is 0. The highest BCUT2D eigenvalue weighted by Crippen LogP contribution is 2.26. The second-order valence-corrected chi connectivity index (χ2v) is 5.72. The van der Waals surface area contributed by atoms with Crippen LogP contribution < -0.4 is 5.32 Å². The number of halogens is 2. The molecule has 0 saturated heterocycles. The number of pyridine rings is 1. The molecular weight excluding hydrogens is 307 g/mol. The molecule has 2 rings (SSSR count). The van der Waals surface area contributed by atoms with Gasteiger partial charge in [0.15, 0.2) is 0 Å². The maximum absolute atomic E-state index is 6.29. The summed E-state index contributed by atoms with van der Waals surface area (Å²) in [5.41, 5.74) is 0.814. The molecular formula is C15H20Cl2N4. The number of hydrogen-bond acceptors (Lipinski definition) is 3. The Kier molecular flexibility index (Phi) is 6.03. The van der Waals surface area contributed by atoms with Gasteiger partial charge in [-0.25, -0.2) is 4.98 Å². The summed E-state index contributed by atoms with van der Waals surface area (Å²) in [5, 5.41) is 4.56. The van der Waals surface area contributed by atoms with Gasteiger partial charge in [-0.05, 0) is 19.0 Å². The van der Waals surface area contributed by atoms with Crippen LogP contribution in [0.25, 0.3) is 0 Å². The fourth-order valence-corrected chi connectivity index (χ4v) is 2.86. The highest BCUT2D eigenvalue weighted by Gasteiger charge is 2.18. The Morgan fingerprint density at radius 2 is 2.10 bits per heavy atom. The minimum Gasteiger partial charge on any atom is -0.335 e. The number of imidazole rings is 1. The number of nitrogens with zero attached hydrogens (tertiary/aromatic N) is 3. The lowest BCUT2D eigenvalue weighted by Crippen LogP contribution is -2.25. The van der Waals surface area contributed by atoms with Crippen molar-refractivity contribution in [2.24, 2.45) is 0 Å². The Morgan fingerprint density at radius 1 is 1.29 bits per heavy atom. The van der Waals surface area contributed by atoms with Gasteiger partial charge in [0.1, 0.15) is 5.82 Å². The van der Waals surface area contributed by atoms with E-state index in [4.69, 9.17) is 23.2 Å². The van der Waals surface area contributed by atoms with E-state index in [0.29, 0.717) is 10.0 Å². The Morgan fingerprint density at radius 3 is 2.76 bits per heavy atom. The van der Waals surface area contributed by atoms with E-state index in [9.17, 15) is 0 Å². The number of aryl methyl sites for hydroxylation is 1. The van der Waals surface area contributed by atoms with E-state index in [0.717, 1.165) is 37.4 Å². The molecule has 2 heterocycles. The summed E-state index contributed by atoms with van der Waals surface area (Å²) in [4.78, 5) is 8.85. The number of nitrogens with one attached hydrogen (secondary N) is 1. The lowest BCUT2D eigenvalue weighted by molar-refractivity contribution is 0.506. The first-order valence-corrected chi connectivity index (χ1v) is 7.95. The van der Waals surface area contributed by atoms with Gasteiger partial charge >= 0.3 is 0 Å². The molecule has 0 aliphatic rings. The molecule has 0 bridgehead atoms. The van der Waals surface area contributed by atoms with Gasteiger partial charge in [-0.2, -0.15) is 0 Å². The van der Waals surface area contributed by atoms with Crippen LogP contribution in [0.3, 0.4) is 0 Å². The maximum Gasteiger partial charge on any atom is 0.110 e. The largest absolute Gasteiger partial charge is 0.335 e. The predicted molar refractivity (Wildman–Crippen MR) is 86.9 cm³/mol. The second-order valence-electron chi connectivity index (χ2n) is 4.87. The molecule has 21 heavy (non-hydrogen) atoms. The number of hydrogen-bond donors (Lipinski definition) is 1. The molecule has 2 aromatic rings. The monoisotopic (exact) mass is 326 g/mol. The molecule has 0 aromatic carbocycles. The minimum absolute atomic E-state index is 0.0257. The molecule has 2 aromatic heterocycles. The molecule has 114 valence electrons. The van der Waals surface area contributed by atoms with E-state index < -0.39 is 0 Å². The Labute approximate surface area is 135 Å². The molecule has 6 heteroatoms. The van der Waals surface area contributed by atoms with Gasteiger partial charge in [-0.15, -0.1) is 0 Å². The summed E-state index contributed by atoms with van der Waals surface area (Å²) in [6, 6.07) is 1.76. The van der Waals surface area contributed by atoms with Crippen LogP contribution in [0.2, 0.25) is 10.0 Å². The molecule has 1 N–H and O–H groups in total. The Balaban J connectivity index is 2.24. The van der Waals surface area contributed by atoms with Crippen molar-refractivity contribution in [2.45, 2.75) is 39.3 Å². The quantitative estimate of drug-likeness (QED) is 0.839. The van der Waals surface area contributed by atoms with Gasteiger partial charge in [0.2, 0.25) is 0 Å². The zero-order valence-electron chi connectivity index (χ0n) is 12.3. The first-order chi connectivity index (χ1) is 10.2. The maximum atomic E-state index is 6.29. The van der Waals surface area contributed by atoms with Crippen LogP contribution in [0, 0.1) is 0 Å². The van der Waals surface area contributed by atoms with Gasteiger partial charge in [0.25, 0.3) is 0 Å². The molecule has 0 fully saturated rings. The van der Waals surface area contributed by atoms with Crippen molar-refractivity contribution in [3.63, 3.8) is 0 Å². The molecule has 0 spiro atoms. The van der Waals surface area contributed by atoms with E-state index in [1.165, 1.54) is 0 Å². The summed E-state index contributed by atoms with van der Waals surface area (Å²) < 4.78 is 2.17. The van der Waals surface area contributed by atoms with Gasteiger partial charge < -0.3 is 9.88 Å². The second kappa shape index (κ2) is 7.78. The minimum atomic E-state index is 0.0257. The third-order valence-electron chi connectivity index (χ3n) is 3.27. The van der Waals surface area contributed by atoms with Crippen LogP contribution in [-0.2, 0) is 13.0 Å². The lowest BCUT2D eigenvalue weighted by atomic mass is 10.1. The summed E-state index contributed by atoms with van der Waals surface area (Å²) in [6.45, 7) is 6.02. The number of likely N-dealkylation sites (N-methyl/N-ethyl adjacent to an activating group) is 1. The molecule has 4 nitrogen and oxygen atoms in total. The van der Waals surface area contributed by atoms with Gasteiger partial charge in [-0.1, -0.05) is 37.0 Å². The standard InChI is InChI=1S/C15H20Cl2N4/c1-3-6-21-7-5-19-14(21)9-13(18-4-2)15-12(17)8-11(16)10-20-15/h5,7-8,10,13,18H,3-4,6,9H2,1-2H3. The first-order valence-electron chi connectivity index (χ1n) is 7.20. The van der Waals surface area contributed by atoms with Crippen LogP contribution >= 0.6 is 23.2 Å². The van der Waals surface area contributed by atoms with Crippen LogP contribution in [0.5, 0.6) is 0 Å². The fourth-order valence-electron chi connectivity index (χ4n) is 2.35. The van der Waals surface area contributed by atoms with Crippen LogP contribution in [-0.4, -0.2) is 21.1 Å². The molecule has 0 amide bonds. The van der Waals surface area contributed by atoms with Crippen LogP contribution in [0.1, 0.15) is 37.8 Å². The lowest BCUT2D eigenvalue weighted by Gasteiger charge is -2.19. The number of rotatable bonds is 7. The van der Waals surface area contributed by atoms with E-state index >= 15 is 0 Å². The third-order valence-corrected chi connectivity index (χ3v) is 3.78. The van der Waals surface area contributed by atoms with Crippen molar-refractivity contribution in [1.29, 1.82) is 0 Å². The average molecular weight is 327 g/mol. The van der Waals surface area contributed by atoms with Crippen LogP contribution in [0.15, 0.2) is 24.7 Å². The van der Waals surface area contributed by atoms with Crippen LogP contribution in [0.4, 0.5) is 0 Å². The van der Waals surface area contributed by atoms with E-state index in [2.05, 4.69) is 33.7 Å². The predicted octanol–water partition coefficient (Wildman–Crippen LogP) is 3.89. The number of aromatic nitrogens is 3. The molecule has 0 radical (unpaired) electrons. The van der Waals surface area contributed by atoms with Crippen molar-refractivity contribution in [2.75, 3.05) is 6.54 Å². The molecule has 1 unspecified atom stereocenters. The van der Waals surface area contributed by atoms with E-state index in [-0.39, 0.29) is 6.04 Å². The van der Waals surface area contributed by atoms with Crippen molar-refractivity contribution in [3.05, 3.63) is 46.2 Å². The van der Waals surface area contributed by atoms with Crippen molar-refractivity contribution in [3.8, 4) is 0 Å². The topological polar surface area (TPSA) is 42.7 Å². The Hall–Kier alpha value is -1.10.